The summed E-state index contributed by atoms with van der Waals surface area (Å²) in [6.07, 6.45) is 2.12. The minimum absolute atomic E-state index is 0.0396. The second kappa shape index (κ2) is 7.15. The molecular formula is C16H22N2O3S. The monoisotopic (exact) mass is 322 g/mol. The molecule has 0 aliphatic carbocycles. The first-order valence-electron chi connectivity index (χ1n) is 7.27. The van der Waals surface area contributed by atoms with Gasteiger partial charge in [0.15, 0.2) is 0 Å². The summed E-state index contributed by atoms with van der Waals surface area (Å²) in [6.45, 7) is 2.28. The van der Waals surface area contributed by atoms with Crippen LogP contribution in [0.15, 0.2) is 30.3 Å². The first kappa shape index (κ1) is 16.8. The zero-order valence-electron chi connectivity index (χ0n) is 12.9. The van der Waals surface area contributed by atoms with E-state index < -0.39 is 5.60 Å². The molecular weight excluding hydrogens is 300 g/mol. The van der Waals surface area contributed by atoms with Crippen molar-refractivity contribution in [3.63, 3.8) is 0 Å². The number of rotatable bonds is 6. The smallest absolute Gasteiger partial charge is 0.227 e. The largest absolute Gasteiger partial charge is 0.387 e. The molecule has 0 radical (unpaired) electrons. The standard InChI is InChI=1S/C16H22N2O3S/c1-16(21,11-22-2)10-17-15(20)12-8-14(19)18(9-12)13-6-4-3-5-7-13/h3-7,12,21H,8-11H2,1-2H3,(H,17,20). The molecule has 1 saturated heterocycles. The van der Waals surface area contributed by atoms with Gasteiger partial charge in [0, 0.05) is 31.0 Å². The van der Waals surface area contributed by atoms with E-state index >= 15 is 0 Å². The number of amides is 2. The topological polar surface area (TPSA) is 69.6 Å². The minimum Gasteiger partial charge on any atom is -0.387 e. The van der Waals surface area contributed by atoms with E-state index in [0.717, 1.165) is 5.69 Å². The molecule has 1 aliphatic heterocycles. The maximum absolute atomic E-state index is 12.2. The Morgan fingerprint density at radius 2 is 2.14 bits per heavy atom. The van der Waals surface area contributed by atoms with Gasteiger partial charge in [-0.1, -0.05) is 18.2 Å². The normalized spacial score (nSPS) is 20.8. The van der Waals surface area contributed by atoms with Crippen LogP contribution in [-0.2, 0) is 9.59 Å². The summed E-state index contributed by atoms with van der Waals surface area (Å²) in [5, 5.41) is 12.8. The van der Waals surface area contributed by atoms with E-state index in [-0.39, 0.29) is 30.7 Å². The molecule has 1 aromatic rings. The Labute approximate surface area is 135 Å². The number of nitrogens with zero attached hydrogens (tertiary/aromatic N) is 1. The van der Waals surface area contributed by atoms with E-state index in [1.807, 2.05) is 36.6 Å². The molecule has 2 N–H and O–H groups in total. The van der Waals surface area contributed by atoms with Crippen LogP contribution in [0.3, 0.4) is 0 Å². The van der Waals surface area contributed by atoms with Crippen molar-refractivity contribution < 1.29 is 14.7 Å². The van der Waals surface area contributed by atoms with E-state index in [9.17, 15) is 14.7 Å². The van der Waals surface area contributed by atoms with Gasteiger partial charge in [-0.3, -0.25) is 9.59 Å². The quantitative estimate of drug-likeness (QED) is 0.827. The minimum atomic E-state index is -0.934. The molecule has 2 atom stereocenters. The molecule has 22 heavy (non-hydrogen) atoms. The first-order valence-corrected chi connectivity index (χ1v) is 8.67. The summed E-state index contributed by atoms with van der Waals surface area (Å²) < 4.78 is 0. The number of carbonyl (C=O) groups is 2. The van der Waals surface area contributed by atoms with E-state index in [0.29, 0.717) is 12.3 Å². The molecule has 1 fully saturated rings. The number of hydrogen-bond donors (Lipinski definition) is 2. The fraction of sp³-hybridized carbons (Fsp3) is 0.500. The zero-order chi connectivity index (χ0) is 16.2. The number of para-hydroxylation sites is 1. The fourth-order valence-corrected chi connectivity index (χ4v) is 3.25. The van der Waals surface area contributed by atoms with Crippen LogP contribution in [0.25, 0.3) is 0 Å². The van der Waals surface area contributed by atoms with Crippen LogP contribution in [0, 0.1) is 5.92 Å². The van der Waals surface area contributed by atoms with Crippen LogP contribution in [0.1, 0.15) is 13.3 Å². The van der Waals surface area contributed by atoms with Crippen molar-refractivity contribution in [2.45, 2.75) is 18.9 Å². The molecule has 0 aromatic heterocycles. The second-order valence-corrected chi connectivity index (χ2v) is 6.75. The zero-order valence-corrected chi connectivity index (χ0v) is 13.7. The van der Waals surface area contributed by atoms with Crippen LogP contribution in [0.5, 0.6) is 0 Å². The van der Waals surface area contributed by atoms with Crippen LogP contribution < -0.4 is 10.2 Å². The van der Waals surface area contributed by atoms with Gasteiger partial charge in [0.05, 0.1) is 11.5 Å². The number of aliphatic hydroxyl groups is 1. The van der Waals surface area contributed by atoms with E-state index in [1.54, 1.807) is 11.8 Å². The van der Waals surface area contributed by atoms with Crippen molar-refractivity contribution in [2.75, 3.05) is 30.0 Å². The van der Waals surface area contributed by atoms with Crippen molar-refractivity contribution in [3.05, 3.63) is 30.3 Å². The highest BCUT2D eigenvalue weighted by Gasteiger charge is 2.35. The fourth-order valence-electron chi connectivity index (χ4n) is 2.52. The van der Waals surface area contributed by atoms with Gasteiger partial charge in [-0.15, -0.1) is 0 Å². The summed E-state index contributed by atoms with van der Waals surface area (Å²) in [5.74, 6) is -0.0271. The Morgan fingerprint density at radius 1 is 1.45 bits per heavy atom. The average Bonchev–Trinajstić information content (AvgIpc) is 2.88. The van der Waals surface area contributed by atoms with Crippen molar-refractivity contribution >= 4 is 29.3 Å². The molecule has 1 aromatic carbocycles. The van der Waals surface area contributed by atoms with Gasteiger partial charge >= 0.3 is 0 Å². The lowest BCUT2D eigenvalue weighted by Gasteiger charge is -2.23. The number of thioether (sulfide) groups is 1. The maximum Gasteiger partial charge on any atom is 0.227 e. The Bertz CT molecular complexity index is 533. The summed E-state index contributed by atoms with van der Waals surface area (Å²) in [6, 6.07) is 9.36. The van der Waals surface area contributed by atoms with Crippen molar-refractivity contribution in [2.24, 2.45) is 5.92 Å². The van der Waals surface area contributed by atoms with Crippen LogP contribution in [0.2, 0.25) is 0 Å². The highest BCUT2D eigenvalue weighted by atomic mass is 32.2. The number of anilines is 1. The lowest BCUT2D eigenvalue weighted by Crippen LogP contribution is -2.44. The van der Waals surface area contributed by atoms with Crippen LogP contribution in [0.4, 0.5) is 5.69 Å². The molecule has 2 rings (SSSR count). The predicted molar refractivity (Wildman–Crippen MR) is 88.9 cm³/mol. The SMILES string of the molecule is CSCC(C)(O)CNC(=O)C1CC(=O)N(c2ccccc2)C1. The van der Waals surface area contributed by atoms with Crippen LogP contribution >= 0.6 is 11.8 Å². The van der Waals surface area contributed by atoms with E-state index in [2.05, 4.69) is 5.32 Å². The molecule has 2 amide bonds. The van der Waals surface area contributed by atoms with Gasteiger partial charge in [0.25, 0.3) is 0 Å². The molecule has 0 saturated carbocycles. The summed E-state index contributed by atoms with van der Waals surface area (Å²) >= 11 is 1.53. The van der Waals surface area contributed by atoms with Crippen molar-refractivity contribution in [1.82, 2.24) is 5.32 Å². The van der Waals surface area contributed by atoms with Gasteiger partial charge in [0.1, 0.15) is 0 Å². The molecule has 1 aliphatic rings. The molecule has 2 unspecified atom stereocenters. The number of nitrogens with one attached hydrogen (secondary N) is 1. The van der Waals surface area contributed by atoms with Crippen molar-refractivity contribution in [1.29, 1.82) is 0 Å². The Morgan fingerprint density at radius 3 is 2.77 bits per heavy atom. The molecule has 1 heterocycles. The second-order valence-electron chi connectivity index (χ2n) is 5.89. The Kier molecular flexibility index (Phi) is 5.47. The average molecular weight is 322 g/mol. The molecule has 6 heteroatoms. The highest BCUT2D eigenvalue weighted by molar-refractivity contribution is 7.98. The third-order valence-corrected chi connectivity index (χ3v) is 4.57. The maximum atomic E-state index is 12.2. The number of hydrogen-bond acceptors (Lipinski definition) is 4. The van der Waals surface area contributed by atoms with E-state index in [4.69, 9.17) is 0 Å². The molecule has 0 bridgehead atoms. The van der Waals surface area contributed by atoms with Gasteiger partial charge in [-0.05, 0) is 25.3 Å². The van der Waals surface area contributed by atoms with Gasteiger partial charge in [0.2, 0.25) is 11.8 Å². The summed E-state index contributed by atoms with van der Waals surface area (Å²) in [4.78, 5) is 25.9. The van der Waals surface area contributed by atoms with Gasteiger partial charge in [-0.25, -0.2) is 0 Å². The van der Waals surface area contributed by atoms with Gasteiger partial charge in [-0.2, -0.15) is 11.8 Å². The molecule has 120 valence electrons. The molecule has 0 spiro atoms. The first-order chi connectivity index (χ1) is 10.4. The number of carbonyl (C=O) groups excluding carboxylic acids is 2. The summed E-state index contributed by atoms with van der Waals surface area (Å²) in [5.41, 5.74) is -0.117. The lowest BCUT2D eigenvalue weighted by molar-refractivity contribution is -0.127. The lowest BCUT2D eigenvalue weighted by atomic mass is 10.1. The Balaban J connectivity index is 1.92. The highest BCUT2D eigenvalue weighted by Crippen LogP contribution is 2.25. The van der Waals surface area contributed by atoms with Gasteiger partial charge < -0.3 is 15.3 Å². The third kappa shape index (κ3) is 4.24. The summed E-state index contributed by atoms with van der Waals surface area (Å²) in [7, 11) is 0. The van der Waals surface area contributed by atoms with E-state index in [1.165, 1.54) is 11.8 Å². The number of benzene rings is 1. The molecule has 5 nitrogen and oxygen atoms in total. The van der Waals surface area contributed by atoms with Crippen molar-refractivity contribution in [3.8, 4) is 0 Å². The Hall–Kier alpha value is -1.53. The van der Waals surface area contributed by atoms with Crippen LogP contribution in [-0.4, -0.2) is 47.6 Å². The third-order valence-electron chi connectivity index (χ3n) is 3.66. The predicted octanol–water partition coefficient (Wildman–Crippen LogP) is 1.27.